The Labute approximate surface area is 142 Å². The van der Waals surface area contributed by atoms with Gasteiger partial charge in [0.2, 0.25) is 0 Å². The number of aromatic nitrogens is 1. The van der Waals surface area contributed by atoms with Gasteiger partial charge in [-0.05, 0) is 57.5 Å². The molecular formula is C20H34N2O. The van der Waals surface area contributed by atoms with E-state index >= 15 is 0 Å². The van der Waals surface area contributed by atoms with Crippen molar-refractivity contribution in [3.05, 3.63) is 30.0 Å². The zero-order chi connectivity index (χ0) is 17.2. The molecule has 0 saturated carbocycles. The summed E-state index contributed by atoms with van der Waals surface area (Å²) in [5, 5.41) is 1.28. The maximum Gasteiger partial charge on any atom is 0.121 e. The van der Waals surface area contributed by atoms with Gasteiger partial charge in [-0.15, -0.1) is 0 Å². The number of fused-ring (bicyclic) bond motifs is 1. The maximum atomic E-state index is 5.89. The maximum absolute atomic E-state index is 5.89. The monoisotopic (exact) mass is 318 g/mol. The Kier molecular flexibility index (Phi) is 8.78. The van der Waals surface area contributed by atoms with Crippen LogP contribution in [0.3, 0.4) is 0 Å². The van der Waals surface area contributed by atoms with Gasteiger partial charge in [-0.25, -0.2) is 0 Å². The van der Waals surface area contributed by atoms with Crippen molar-refractivity contribution in [1.82, 2.24) is 9.88 Å². The van der Waals surface area contributed by atoms with Crippen molar-refractivity contribution in [3.8, 4) is 5.75 Å². The van der Waals surface area contributed by atoms with Crippen LogP contribution < -0.4 is 4.74 Å². The fraction of sp³-hybridized carbons (Fsp3) is 0.600. The van der Waals surface area contributed by atoms with Gasteiger partial charge in [0, 0.05) is 29.2 Å². The molecule has 1 atom stereocenters. The van der Waals surface area contributed by atoms with Gasteiger partial charge in [-0.3, -0.25) is 0 Å². The third-order valence-electron chi connectivity index (χ3n) is 4.25. The SMILES string of the molecule is CC.CC.Cc1c[nH]c2cc(OCCC3CCCN3C)ccc12. The van der Waals surface area contributed by atoms with Crippen molar-refractivity contribution in [1.29, 1.82) is 0 Å². The molecule has 0 radical (unpaired) electrons. The first-order chi connectivity index (χ1) is 11.2. The number of hydrogen-bond donors (Lipinski definition) is 1. The highest BCUT2D eigenvalue weighted by molar-refractivity contribution is 5.84. The fourth-order valence-electron chi connectivity index (χ4n) is 3.00. The van der Waals surface area contributed by atoms with Crippen molar-refractivity contribution in [3.63, 3.8) is 0 Å². The minimum atomic E-state index is 0.705. The summed E-state index contributed by atoms with van der Waals surface area (Å²) in [7, 11) is 2.21. The summed E-state index contributed by atoms with van der Waals surface area (Å²) in [6.45, 7) is 12.2. The number of aromatic amines is 1. The van der Waals surface area contributed by atoms with Crippen molar-refractivity contribution >= 4 is 10.9 Å². The Balaban J connectivity index is 0.000000615. The third kappa shape index (κ3) is 5.28. The summed E-state index contributed by atoms with van der Waals surface area (Å²) >= 11 is 0. The normalized spacial score (nSPS) is 17.2. The third-order valence-corrected chi connectivity index (χ3v) is 4.25. The zero-order valence-electron chi connectivity index (χ0n) is 15.8. The lowest BCUT2D eigenvalue weighted by molar-refractivity contribution is 0.233. The number of nitrogens with zero attached hydrogens (tertiary/aromatic N) is 1. The molecule has 0 spiro atoms. The standard InChI is InChI=1S/C16H22N2O.2C2H6/c1-12-11-17-16-10-14(5-6-15(12)16)19-9-7-13-4-3-8-18(13)2;2*1-2/h5-6,10-11,13,17H,3-4,7-9H2,1-2H3;2*1-2H3. The van der Waals surface area contributed by atoms with Crippen LogP contribution in [0.25, 0.3) is 10.9 Å². The first kappa shape index (κ1) is 19.6. The quantitative estimate of drug-likeness (QED) is 0.818. The molecule has 1 aliphatic rings. The number of H-pyrrole nitrogens is 1. The van der Waals surface area contributed by atoms with E-state index in [4.69, 9.17) is 4.74 Å². The number of aryl methyl sites for hydroxylation is 1. The van der Waals surface area contributed by atoms with Crippen LogP contribution in [0.2, 0.25) is 0 Å². The van der Waals surface area contributed by atoms with Gasteiger partial charge in [-0.2, -0.15) is 0 Å². The van der Waals surface area contributed by atoms with Gasteiger partial charge in [-0.1, -0.05) is 27.7 Å². The second-order valence-corrected chi connectivity index (χ2v) is 5.59. The van der Waals surface area contributed by atoms with Gasteiger partial charge in [0.1, 0.15) is 5.75 Å². The molecular weight excluding hydrogens is 284 g/mol. The molecule has 0 amide bonds. The van der Waals surface area contributed by atoms with E-state index in [0.29, 0.717) is 6.04 Å². The van der Waals surface area contributed by atoms with Crippen LogP contribution in [0, 0.1) is 6.92 Å². The highest BCUT2D eigenvalue weighted by atomic mass is 16.5. The molecule has 3 rings (SSSR count). The number of ether oxygens (including phenoxy) is 1. The molecule has 3 nitrogen and oxygen atoms in total. The Bertz CT molecular complexity index is 562. The molecule has 1 N–H and O–H groups in total. The molecule has 2 heterocycles. The lowest BCUT2D eigenvalue weighted by Crippen LogP contribution is -2.26. The predicted octanol–water partition coefficient (Wildman–Crippen LogP) is 5.39. The van der Waals surface area contributed by atoms with Gasteiger partial charge in [0.05, 0.1) is 6.61 Å². The Morgan fingerprint density at radius 3 is 2.61 bits per heavy atom. The van der Waals surface area contributed by atoms with Gasteiger partial charge in [0.15, 0.2) is 0 Å². The summed E-state index contributed by atoms with van der Waals surface area (Å²) in [4.78, 5) is 5.72. The van der Waals surface area contributed by atoms with E-state index in [2.05, 4.69) is 42.1 Å². The van der Waals surface area contributed by atoms with Crippen LogP contribution in [0.5, 0.6) is 5.75 Å². The average Bonchev–Trinajstić information content (AvgIpc) is 3.18. The number of likely N-dealkylation sites (tertiary alicyclic amines) is 1. The highest BCUT2D eigenvalue weighted by Crippen LogP contribution is 2.23. The van der Waals surface area contributed by atoms with E-state index in [-0.39, 0.29) is 0 Å². The van der Waals surface area contributed by atoms with Crippen LogP contribution in [-0.4, -0.2) is 36.1 Å². The second-order valence-electron chi connectivity index (χ2n) is 5.59. The molecule has 1 saturated heterocycles. The molecule has 0 bridgehead atoms. The fourth-order valence-corrected chi connectivity index (χ4v) is 3.00. The lowest BCUT2D eigenvalue weighted by Gasteiger charge is -2.19. The molecule has 1 aromatic heterocycles. The molecule has 1 aliphatic heterocycles. The summed E-state index contributed by atoms with van der Waals surface area (Å²) in [5.74, 6) is 0.968. The minimum absolute atomic E-state index is 0.705. The van der Waals surface area contributed by atoms with E-state index in [1.54, 1.807) is 0 Å². The summed E-state index contributed by atoms with van der Waals surface area (Å²) in [6.07, 6.45) is 5.81. The Hall–Kier alpha value is -1.48. The van der Waals surface area contributed by atoms with E-state index < -0.39 is 0 Å². The van der Waals surface area contributed by atoms with Crippen molar-refractivity contribution in [2.24, 2.45) is 0 Å². The van der Waals surface area contributed by atoms with Crippen LogP contribution in [0.1, 0.15) is 52.5 Å². The number of benzene rings is 1. The Morgan fingerprint density at radius 2 is 1.96 bits per heavy atom. The second kappa shape index (κ2) is 10.3. The number of nitrogens with one attached hydrogen (secondary N) is 1. The highest BCUT2D eigenvalue weighted by Gasteiger charge is 2.20. The van der Waals surface area contributed by atoms with Crippen LogP contribution in [0.15, 0.2) is 24.4 Å². The van der Waals surface area contributed by atoms with E-state index in [9.17, 15) is 0 Å². The summed E-state index contributed by atoms with van der Waals surface area (Å²) in [6, 6.07) is 7.01. The van der Waals surface area contributed by atoms with Crippen LogP contribution in [-0.2, 0) is 0 Å². The number of hydrogen-bond acceptors (Lipinski definition) is 2. The number of rotatable bonds is 4. The first-order valence-electron chi connectivity index (χ1n) is 9.15. The van der Waals surface area contributed by atoms with E-state index in [1.165, 1.54) is 30.3 Å². The van der Waals surface area contributed by atoms with Gasteiger partial charge < -0.3 is 14.6 Å². The molecule has 3 heteroatoms. The van der Waals surface area contributed by atoms with Crippen LogP contribution >= 0.6 is 0 Å². The molecule has 2 aromatic rings. The van der Waals surface area contributed by atoms with Gasteiger partial charge >= 0.3 is 0 Å². The summed E-state index contributed by atoms with van der Waals surface area (Å²) in [5.41, 5.74) is 2.45. The van der Waals surface area contributed by atoms with E-state index in [1.807, 2.05) is 33.9 Å². The average molecular weight is 319 g/mol. The van der Waals surface area contributed by atoms with Crippen molar-refractivity contribution in [2.45, 2.75) is 59.9 Å². The lowest BCUT2D eigenvalue weighted by atomic mass is 10.1. The largest absolute Gasteiger partial charge is 0.493 e. The van der Waals surface area contributed by atoms with Gasteiger partial charge in [0.25, 0.3) is 0 Å². The minimum Gasteiger partial charge on any atom is -0.493 e. The van der Waals surface area contributed by atoms with Crippen molar-refractivity contribution < 1.29 is 4.74 Å². The van der Waals surface area contributed by atoms with Crippen LogP contribution in [0.4, 0.5) is 0 Å². The first-order valence-corrected chi connectivity index (χ1v) is 9.15. The zero-order valence-corrected chi connectivity index (χ0v) is 15.8. The molecule has 1 unspecified atom stereocenters. The predicted molar refractivity (Wildman–Crippen MR) is 101 cm³/mol. The van der Waals surface area contributed by atoms with Crippen molar-refractivity contribution in [2.75, 3.05) is 20.2 Å². The molecule has 0 aliphatic carbocycles. The van der Waals surface area contributed by atoms with E-state index in [0.717, 1.165) is 24.3 Å². The summed E-state index contributed by atoms with van der Waals surface area (Å²) < 4.78 is 5.89. The Morgan fingerprint density at radius 1 is 1.22 bits per heavy atom. The smallest absolute Gasteiger partial charge is 0.121 e. The molecule has 1 fully saturated rings. The molecule has 1 aromatic carbocycles. The molecule has 130 valence electrons. The topological polar surface area (TPSA) is 28.3 Å². The molecule has 23 heavy (non-hydrogen) atoms.